The number of aromatic nitrogens is 2. The Hall–Kier alpha value is -4.51. The molecule has 7 rings (SSSR count). The summed E-state index contributed by atoms with van der Waals surface area (Å²) in [6.45, 7) is 6.52. The number of ketones is 1. The lowest BCUT2D eigenvalue weighted by molar-refractivity contribution is -0.142. The number of fused-ring (bicyclic) bond motifs is 1. The summed E-state index contributed by atoms with van der Waals surface area (Å²) < 4.78 is 77.4. The molecule has 0 aliphatic carbocycles. The number of halogens is 3. The van der Waals surface area contributed by atoms with E-state index in [0.717, 1.165) is 93.4 Å². The number of nitrogens with zero attached hydrogens (tertiary/aromatic N) is 6. The van der Waals surface area contributed by atoms with Crippen LogP contribution >= 0.6 is 0 Å². The van der Waals surface area contributed by atoms with Crippen molar-refractivity contribution in [2.24, 2.45) is 5.92 Å². The molecule has 3 aliphatic heterocycles. The van der Waals surface area contributed by atoms with Gasteiger partial charge in [-0.1, -0.05) is 12.1 Å². The van der Waals surface area contributed by atoms with E-state index in [1.54, 1.807) is 12.3 Å². The number of methoxy groups -OCH3 is 1. The van der Waals surface area contributed by atoms with Gasteiger partial charge in [-0.25, -0.2) is 18.2 Å². The van der Waals surface area contributed by atoms with Gasteiger partial charge in [0.05, 0.1) is 24.9 Å². The zero-order chi connectivity index (χ0) is 38.1. The molecule has 5 heterocycles. The van der Waals surface area contributed by atoms with Gasteiger partial charge >= 0.3 is 16.2 Å². The van der Waals surface area contributed by atoms with Gasteiger partial charge in [-0.15, -0.1) is 0 Å². The van der Waals surface area contributed by atoms with Crippen LogP contribution in [0.15, 0.2) is 54.9 Å². The van der Waals surface area contributed by atoms with Gasteiger partial charge in [0.25, 0.3) is 0 Å². The van der Waals surface area contributed by atoms with E-state index in [1.165, 1.54) is 13.3 Å². The van der Waals surface area contributed by atoms with Crippen LogP contribution in [-0.2, 0) is 19.7 Å². The van der Waals surface area contributed by atoms with Crippen LogP contribution in [0.5, 0.6) is 0 Å². The van der Waals surface area contributed by atoms with Crippen molar-refractivity contribution in [1.82, 2.24) is 24.1 Å². The van der Waals surface area contributed by atoms with Crippen molar-refractivity contribution in [1.29, 1.82) is 0 Å². The summed E-state index contributed by atoms with van der Waals surface area (Å²) in [5, 5.41) is 0.350. The average molecular weight is 768 g/mol. The number of carbonyl (C=O) groups is 2. The number of H-pyrrole nitrogens is 1. The highest BCUT2D eigenvalue weighted by molar-refractivity contribution is 7.90. The number of nitrogens with one attached hydrogen (secondary N) is 1. The van der Waals surface area contributed by atoms with Crippen molar-refractivity contribution in [3.63, 3.8) is 0 Å². The predicted octanol–water partition coefficient (Wildman–Crippen LogP) is 4.47. The Morgan fingerprint density at radius 2 is 1.67 bits per heavy atom. The largest absolute Gasteiger partial charge is 0.468 e. The summed E-state index contributed by atoms with van der Waals surface area (Å²) in [5.41, 5.74) is 1.51. The highest BCUT2D eigenvalue weighted by atomic mass is 32.2. The lowest BCUT2D eigenvalue weighted by Crippen LogP contribution is -2.49. The first-order valence-corrected chi connectivity index (χ1v) is 19.6. The molecule has 0 spiro atoms. The molecule has 54 heavy (non-hydrogen) atoms. The molecule has 288 valence electrons. The van der Waals surface area contributed by atoms with Crippen LogP contribution in [-0.4, -0.2) is 130 Å². The molecule has 16 heteroatoms. The number of carbonyl (C=O) groups excluding carboxylic acids is 2. The highest BCUT2D eigenvalue weighted by Crippen LogP contribution is 2.33. The molecule has 1 atom stereocenters. The van der Waals surface area contributed by atoms with Crippen LogP contribution in [0.1, 0.15) is 35.2 Å². The second kappa shape index (κ2) is 15.7. The molecule has 2 aromatic carbocycles. The summed E-state index contributed by atoms with van der Waals surface area (Å²) in [6.07, 6.45) is 3.82. The highest BCUT2D eigenvalue weighted by Gasteiger charge is 2.36. The van der Waals surface area contributed by atoms with Crippen molar-refractivity contribution in [3.8, 4) is 11.1 Å². The number of hydrogen-bond donors (Lipinski definition) is 1. The standard InChI is InChI=1S/C38H44F3N7O5S/c1-44(54(51,52)48-14-11-28(39)23-48)33-8-7-32(40)35(36(33)41)37(50)31-21-43-38-30(31)19-27(20-42-38)26-3-5-29(6-4-26)47-17-15-46(16-18-47)22-25-9-12-45(13-10-25)24-34(49)53-2/h3-8,19-21,25,28H,9-18,22-24H2,1-2H3,(H,42,43)/t28-/m1/s1. The SMILES string of the molecule is COC(=O)CN1CCC(CN2CCN(c3ccc(-c4cnc5[nH]cc(C(=O)c6c(F)ccc(N(C)S(=O)(=O)N7CC[C@@H](F)C7)c6F)c5c4)cc3)CC2)CC1. The molecule has 3 saturated heterocycles. The number of pyridine rings is 1. The number of anilines is 2. The fourth-order valence-corrected chi connectivity index (χ4v) is 9.09. The van der Waals surface area contributed by atoms with Gasteiger partial charge < -0.3 is 14.6 Å². The maximum atomic E-state index is 15.9. The minimum absolute atomic E-state index is 0.0184. The van der Waals surface area contributed by atoms with Crippen molar-refractivity contribution >= 4 is 44.4 Å². The van der Waals surface area contributed by atoms with Crippen molar-refractivity contribution in [2.45, 2.75) is 25.4 Å². The lowest BCUT2D eigenvalue weighted by atomic mass is 9.96. The molecule has 0 radical (unpaired) electrons. The van der Waals surface area contributed by atoms with Crippen LogP contribution in [0, 0.1) is 17.6 Å². The summed E-state index contributed by atoms with van der Waals surface area (Å²) in [6, 6.07) is 11.6. The smallest absolute Gasteiger partial charge is 0.319 e. The van der Waals surface area contributed by atoms with Crippen molar-refractivity contribution in [2.75, 3.05) is 88.8 Å². The Morgan fingerprint density at radius 3 is 2.33 bits per heavy atom. The van der Waals surface area contributed by atoms with E-state index in [9.17, 15) is 22.4 Å². The van der Waals surface area contributed by atoms with Crippen LogP contribution < -0.4 is 9.21 Å². The van der Waals surface area contributed by atoms with Crippen LogP contribution in [0.2, 0.25) is 0 Å². The first-order valence-electron chi connectivity index (χ1n) is 18.2. The topological polar surface area (TPSA) is 122 Å². The Kier molecular flexibility index (Phi) is 11.0. The molecule has 4 aromatic rings. The molecule has 0 bridgehead atoms. The van der Waals surface area contributed by atoms with E-state index in [0.29, 0.717) is 33.4 Å². The third-order valence-corrected chi connectivity index (χ3v) is 12.8. The molecule has 1 N–H and O–H groups in total. The van der Waals surface area contributed by atoms with Gasteiger partial charge in [-0.2, -0.15) is 12.7 Å². The molecule has 0 saturated carbocycles. The predicted molar refractivity (Wildman–Crippen MR) is 200 cm³/mol. The maximum absolute atomic E-state index is 15.9. The number of aromatic amines is 1. The van der Waals surface area contributed by atoms with Gasteiger partial charge in [-0.05, 0) is 74.2 Å². The minimum Gasteiger partial charge on any atom is -0.468 e. The van der Waals surface area contributed by atoms with Gasteiger partial charge in [-0.3, -0.25) is 23.7 Å². The molecule has 3 aliphatic rings. The summed E-state index contributed by atoms with van der Waals surface area (Å²) in [5.74, 6) is -3.04. The number of piperidine rings is 1. The van der Waals surface area contributed by atoms with Crippen LogP contribution in [0.3, 0.4) is 0 Å². The van der Waals surface area contributed by atoms with E-state index in [1.807, 2.05) is 24.3 Å². The monoisotopic (exact) mass is 767 g/mol. The number of alkyl halides is 1. The first-order chi connectivity index (χ1) is 25.9. The van der Waals surface area contributed by atoms with Crippen molar-refractivity contribution in [3.05, 3.63) is 77.6 Å². The van der Waals surface area contributed by atoms with E-state index in [-0.39, 0.29) is 31.0 Å². The second-order valence-electron chi connectivity index (χ2n) is 14.3. The quantitative estimate of drug-likeness (QED) is 0.174. The van der Waals surface area contributed by atoms with E-state index in [4.69, 9.17) is 4.74 Å². The van der Waals surface area contributed by atoms with E-state index < -0.39 is 45.0 Å². The normalized spacial score (nSPS) is 19.4. The number of rotatable bonds is 11. The Balaban J connectivity index is 1.01. The summed E-state index contributed by atoms with van der Waals surface area (Å²) in [4.78, 5) is 39.8. The van der Waals surface area contributed by atoms with Gasteiger partial charge in [0.15, 0.2) is 5.82 Å². The molecular weight excluding hydrogens is 724 g/mol. The summed E-state index contributed by atoms with van der Waals surface area (Å²) >= 11 is 0. The molecule has 3 fully saturated rings. The maximum Gasteiger partial charge on any atom is 0.319 e. The third-order valence-electron chi connectivity index (χ3n) is 10.9. The number of ether oxygens (including phenoxy) is 1. The van der Waals surface area contributed by atoms with Gasteiger partial charge in [0, 0.05) is 87.5 Å². The molecule has 2 aromatic heterocycles. The number of likely N-dealkylation sites (tertiary alicyclic amines) is 1. The third kappa shape index (κ3) is 7.70. The van der Waals surface area contributed by atoms with Crippen molar-refractivity contribution < 1.29 is 35.9 Å². The van der Waals surface area contributed by atoms with Crippen LogP contribution in [0.4, 0.5) is 24.5 Å². The fraction of sp³-hybridized carbons (Fsp3) is 0.447. The van der Waals surface area contributed by atoms with Crippen LogP contribution in [0.25, 0.3) is 22.2 Å². The fourth-order valence-electron chi connectivity index (χ4n) is 7.66. The zero-order valence-corrected chi connectivity index (χ0v) is 31.1. The van der Waals surface area contributed by atoms with Gasteiger partial charge in [0.1, 0.15) is 17.6 Å². The second-order valence-corrected chi connectivity index (χ2v) is 16.2. The number of esters is 1. The average Bonchev–Trinajstić information content (AvgIpc) is 3.82. The molecule has 0 unspecified atom stereocenters. The zero-order valence-electron chi connectivity index (χ0n) is 30.3. The molecule has 0 amide bonds. The van der Waals surface area contributed by atoms with Gasteiger partial charge in [0.2, 0.25) is 5.78 Å². The minimum atomic E-state index is -4.33. The first kappa shape index (κ1) is 37.8. The summed E-state index contributed by atoms with van der Waals surface area (Å²) in [7, 11) is -1.82. The number of piperazine rings is 1. The Morgan fingerprint density at radius 1 is 0.944 bits per heavy atom. The lowest BCUT2D eigenvalue weighted by Gasteiger charge is -2.39. The van der Waals surface area contributed by atoms with E-state index in [2.05, 4.69) is 24.7 Å². The number of hydrogen-bond acceptors (Lipinski definition) is 9. The molecule has 12 nitrogen and oxygen atoms in total. The Bertz CT molecular complexity index is 2120. The Labute approximate surface area is 312 Å². The number of benzene rings is 2. The molecular formula is C38H44F3N7O5S. The van der Waals surface area contributed by atoms with E-state index >= 15 is 8.78 Å².